The number of azo groups is 1. The maximum atomic E-state index is 10.8. The molecule has 0 atom stereocenters. The first-order chi connectivity index (χ1) is 14.1. The summed E-state index contributed by atoms with van der Waals surface area (Å²) in [5, 5.41) is 23.2. The third kappa shape index (κ3) is 4.72. The van der Waals surface area contributed by atoms with Crippen LogP contribution in [0.2, 0.25) is 0 Å². The molecule has 8 heteroatoms. The van der Waals surface area contributed by atoms with Crippen molar-refractivity contribution >= 4 is 39.6 Å². The summed E-state index contributed by atoms with van der Waals surface area (Å²) in [6.07, 6.45) is 0. The van der Waals surface area contributed by atoms with Crippen molar-refractivity contribution in [2.75, 3.05) is 25.5 Å². The number of nitrogens with one attached hydrogen (secondary N) is 1. The van der Waals surface area contributed by atoms with Crippen LogP contribution in [0.1, 0.15) is 13.8 Å². The van der Waals surface area contributed by atoms with Crippen LogP contribution in [0.15, 0.2) is 58.8 Å². The number of methoxy groups -OCH3 is 1. The first-order valence-corrected chi connectivity index (χ1v) is 9.87. The van der Waals surface area contributed by atoms with Crippen molar-refractivity contribution in [1.82, 2.24) is 9.47 Å². The Kier molecular flexibility index (Phi) is 6.79. The van der Waals surface area contributed by atoms with Crippen LogP contribution in [-0.4, -0.2) is 39.9 Å². The number of anilines is 1. The van der Waals surface area contributed by atoms with Crippen molar-refractivity contribution in [2.24, 2.45) is 10.2 Å². The van der Waals surface area contributed by atoms with Crippen LogP contribution in [0.4, 0.5) is 11.4 Å². The number of para-hydroxylation sites is 1. The van der Waals surface area contributed by atoms with E-state index in [-0.39, 0.29) is 11.0 Å². The van der Waals surface area contributed by atoms with Crippen LogP contribution in [0.3, 0.4) is 0 Å². The minimum atomic E-state index is 0.0779. The number of hydrogen-bond acceptors (Lipinski definition) is 5. The van der Waals surface area contributed by atoms with Gasteiger partial charge < -0.3 is 15.2 Å². The van der Waals surface area contributed by atoms with Gasteiger partial charge in [-0.2, -0.15) is 0 Å². The largest absolute Gasteiger partial charge is 0.497 e. The summed E-state index contributed by atoms with van der Waals surface area (Å²) in [5.74, 6) is 0.836. The van der Waals surface area contributed by atoms with Crippen molar-refractivity contribution in [1.29, 1.82) is 0 Å². The molecule has 2 aromatic carbocycles. The molecule has 0 unspecified atom stereocenters. The highest BCUT2D eigenvalue weighted by Gasteiger charge is 2.17. The van der Waals surface area contributed by atoms with Gasteiger partial charge in [-0.15, -0.1) is 10.2 Å². The van der Waals surface area contributed by atoms with Crippen molar-refractivity contribution < 1.29 is 9.84 Å². The van der Waals surface area contributed by atoms with Gasteiger partial charge in [0.2, 0.25) is 11.0 Å². The fourth-order valence-corrected chi connectivity index (χ4v) is 3.21. The smallest absolute Gasteiger partial charge is 0.221 e. The van der Waals surface area contributed by atoms with Crippen molar-refractivity contribution in [3.05, 3.63) is 48.5 Å². The van der Waals surface area contributed by atoms with Crippen LogP contribution < -0.4 is 10.1 Å². The monoisotopic (exact) mass is 411 g/mol. The Morgan fingerprint density at radius 2 is 1.83 bits per heavy atom. The van der Waals surface area contributed by atoms with Crippen molar-refractivity contribution in [3.8, 4) is 11.6 Å². The zero-order valence-corrected chi connectivity index (χ0v) is 17.6. The van der Waals surface area contributed by atoms with E-state index >= 15 is 0 Å². The molecule has 0 saturated heterocycles. The maximum Gasteiger partial charge on any atom is 0.221 e. The molecule has 0 spiro atoms. The number of benzene rings is 2. The van der Waals surface area contributed by atoms with Crippen LogP contribution in [0.5, 0.6) is 11.6 Å². The minimum absolute atomic E-state index is 0.0779. The summed E-state index contributed by atoms with van der Waals surface area (Å²) in [6.45, 7) is 6.53. The molecule has 2 N–H and O–H groups in total. The number of thiocarbonyl (C=S) groups is 1. The predicted molar refractivity (Wildman–Crippen MR) is 120 cm³/mol. The Balaban J connectivity index is 1.85. The fraction of sp³-hybridized carbons (Fsp3) is 0.286. The van der Waals surface area contributed by atoms with Crippen LogP contribution in [0.25, 0.3) is 10.9 Å². The quantitative estimate of drug-likeness (QED) is 0.416. The Morgan fingerprint density at radius 1 is 1.14 bits per heavy atom. The van der Waals surface area contributed by atoms with Gasteiger partial charge in [-0.05, 0) is 55.6 Å². The highest BCUT2D eigenvalue weighted by atomic mass is 32.1. The van der Waals surface area contributed by atoms with E-state index in [9.17, 15) is 5.11 Å². The van der Waals surface area contributed by atoms with E-state index in [1.807, 2.05) is 53.1 Å². The first-order valence-electron chi connectivity index (χ1n) is 9.46. The zero-order chi connectivity index (χ0) is 20.8. The molecule has 0 saturated carbocycles. The Labute approximate surface area is 175 Å². The Hall–Kier alpha value is -2.97. The number of aromatic hydroxyl groups is 1. The van der Waals surface area contributed by atoms with E-state index in [4.69, 9.17) is 17.0 Å². The molecule has 152 valence electrons. The third-order valence-electron chi connectivity index (χ3n) is 4.74. The lowest BCUT2D eigenvalue weighted by Gasteiger charge is -2.19. The highest BCUT2D eigenvalue weighted by molar-refractivity contribution is 7.80. The average molecular weight is 412 g/mol. The van der Waals surface area contributed by atoms with Gasteiger partial charge in [0.25, 0.3) is 0 Å². The molecule has 1 heterocycles. The van der Waals surface area contributed by atoms with E-state index in [0.717, 1.165) is 35.4 Å². The van der Waals surface area contributed by atoms with E-state index in [1.54, 1.807) is 7.11 Å². The van der Waals surface area contributed by atoms with Crippen molar-refractivity contribution in [2.45, 2.75) is 20.5 Å². The molecule has 0 bridgehead atoms. The molecule has 0 radical (unpaired) electrons. The zero-order valence-electron chi connectivity index (χ0n) is 16.8. The number of hydrogen-bond donors (Lipinski definition) is 2. The summed E-state index contributed by atoms with van der Waals surface area (Å²) >= 11 is 5.28. The number of nitrogens with zero attached hydrogens (tertiary/aromatic N) is 4. The molecule has 7 nitrogen and oxygen atoms in total. The van der Waals surface area contributed by atoms with Crippen LogP contribution in [0, 0.1) is 0 Å². The van der Waals surface area contributed by atoms with Gasteiger partial charge >= 0.3 is 0 Å². The molecule has 3 rings (SSSR count). The van der Waals surface area contributed by atoms with E-state index < -0.39 is 0 Å². The second-order valence-corrected chi connectivity index (χ2v) is 6.81. The van der Waals surface area contributed by atoms with Gasteiger partial charge in [0.15, 0.2) is 5.69 Å². The minimum Gasteiger partial charge on any atom is -0.497 e. The molecule has 3 aromatic rings. The van der Waals surface area contributed by atoms with Gasteiger partial charge in [0.1, 0.15) is 5.75 Å². The summed E-state index contributed by atoms with van der Waals surface area (Å²) < 4.78 is 6.99. The maximum absolute atomic E-state index is 10.8. The normalized spacial score (nSPS) is 11.4. The van der Waals surface area contributed by atoms with E-state index in [0.29, 0.717) is 12.4 Å². The lowest BCUT2D eigenvalue weighted by atomic mass is 10.2. The average Bonchev–Trinajstić information content (AvgIpc) is 3.01. The Morgan fingerprint density at radius 3 is 2.48 bits per heavy atom. The fourth-order valence-electron chi connectivity index (χ4n) is 3.06. The van der Waals surface area contributed by atoms with Gasteiger partial charge in [-0.3, -0.25) is 9.47 Å². The second kappa shape index (κ2) is 9.49. The second-order valence-electron chi connectivity index (χ2n) is 6.42. The van der Waals surface area contributed by atoms with Gasteiger partial charge in [-0.1, -0.05) is 32.0 Å². The number of aromatic nitrogens is 1. The highest BCUT2D eigenvalue weighted by Crippen LogP contribution is 2.39. The molecule has 0 aliphatic heterocycles. The lowest BCUT2D eigenvalue weighted by molar-refractivity contribution is 0.233. The molecule has 1 aromatic heterocycles. The summed E-state index contributed by atoms with van der Waals surface area (Å²) in [7, 11) is 1.62. The first kappa shape index (κ1) is 20.8. The molecule has 29 heavy (non-hydrogen) atoms. The third-order valence-corrected chi connectivity index (χ3v) is 4.92. The molecular formula is C21H25N5O2S. The van der Waals surface area contributed by atoms with Crippen LogP contribution in [-0.2, 0) is 6.67 Å². The molecular weight excluding hydrogens is 386 g/mol. The number of rotatable bonds is 7. The van der Waals surface area contributed by atoms with E-state index in [1.165, 1.54) is 0 Å². The van der Waals surface area contributed by atoms with Gasteiger partial charge in [-0.25, -0.2) is 0 Å². The van der Waals surface area contributed by atoms with E-state index in [2.05, 4.69) is 34.3 Å². The molecule has 0 fully saturated rings. The lowest BCUT2D eigenvalue weighted by Crippen LogP contribution is -2.25. The summed E-state index contributed by atoms with van der Waals surface area (Å²) in [6, 6.07) is 15.1. The molecule has 0 aliphatic carbocycles. The Bertz CT molecular complexity index is 1010. The number of fused-ring (bicyclic) bond motifs is 1. The SMILES string of the molecule is CCN(CC)Cn1c(O)c(N=NC(=S)Nc2ccc(OC)cc2)c2ccccc21. The predicted octanol–water partition coefficient (Wildman–Crippen LogP) is 5.14. The topological polar surface area (TPSA) is 74.4 Å². The van der Waals surface area contributed by atoms with Crippen LogP contribution >= 0.6 is 12.2 Å². The molecule has 0 amide bonds. The molecule has 0 aliphatic rings. The van der Waals surface area contributed by atoms with Crippen molar-refractivity contribution in [3.63, 3.8) is 0 Å². The van der Waals surface area contributed by atoms with Gasteiger partial charge in [0.05, 0.1) is 19.3 Å². The van der Waals surface area contributed by atoms with Gasteiger partial charge in [0, 0.05) is 11.1 Å². The standard InChI is InChI=1S/C21H25N5O2S/c1-4-25(5-2)14-26-18-9-7-6-8-17(18)19(20(26)27)23-24-21(29)22-15-10-12-16(28-3)13-11-15/h6-13,27H,4-5,14H2,1-3H3,(H,22,29). The number of ether oxygens (including phenoxy) is 1. The summed E-state index contributed by atoms with van der Waals surface area (Å²) in [5.41, 5.74) is 2.09. The summed E-state index contributed by atoms with van der Waals surface area (Å²) in [4.78, 5) is 2.21.